The molecule has 1 fully saturated rings. The van der Waals surface area contributed by atoms with Gasteiger partial charge in [-0.1, -0.05) is 12.5 Å². The first-order valence-corrected chi connectivity index (χ1v) is 7.66. The predicted molar refractivity (Wildman–Crippen MR) is 81.7 cm³/mol. The van der Waals surface area contributed by atoms with E-state index in [0.717, 1.165) is 25.7 Å². The van der Waals surface area contributed by atoms with Gasteiger partial charge in [0.25, 0.3) is 5.91 Å². The third kappa shape index (κ3) is 3.51. The zero-order valence-corrected chi connectivity index (χ0v) is 12.4. The first kappa shape index (κ1) is 14.7. The minimum Gasteiger partial charge on any atom is -0.393 e. The number of hydrogen-bond acceptors (Lipinski definition) is 4. The highest BCUT2D eigenvalue weighted by atomic mass is 16.3. The van der Waals surface area contributed by atoms with Crippen LogP contribution in [-0.4, -0.2) is 38.4 Å². The number of carbonyl (C=O) groups excluding carboxylic acids is 1. The highest BCUT2D eigenvalue weighted by molar-refractivity contribution is 5.92. The molecule has 0 aliphatic heterocycles. The fourth-order valence-corrected chi connectivity index (χ4v) is 2.86. The van der Waals surface area contributed by atoms with Gasteiger partial charge in [-0.2, -0.15) is 5.10 Å². The number of carbonyl (C=O) groups is 1. The summed E-state index contributed by atoms with van der Waals surface area (Å²) in [5, 5.41) is 16.7. The van der Waals surface area contributed by atoms with E-state index in [2.05, 4.69) is 15.4 Å². The van der Waals surface area contributed by atoms with E-state index in [0.29, 0.717) is 24.0 Å². The second kappa shape index (κ2) is 6.70. The number of rotatable bonds is 4. The largest absolute Gasteiger partial charge is 0.393 e. The Morgan fingerprint density at radius 3 is 3.05 bits per heavy atom. The molecule has 1 aliphatic rings. The summed E-state index contributed by atoms with van der Waals surface area (Å²) in [4.78, 5) is 16.6. The van der Waals surface area contributed by atoms with Crippen molar-refractivity contribution in [2.24, 2.45) is 5.92 Å². The number of aliphatic hydroxyl groups is 1. The van der Waals surface area contributed by atoms with Gasteiger partial charge >= 0.3 is 0 Å². The van der Waals surface area contributed by atoms with E-state index in [1.165, 1.54) is 0 Å². The van der Waals surface area contributed by atoms with Crippen molar-refractivity contribution in [3.05, 3.63) is 42.4 Å². The number of aliphatic hydroxyl groups excluding tert-OH is 1. The van der Waals surface area contributed by atoms with Gasteiger partial charge in [0, 0.05) is 18.9 Å². The van der Waals surface area contributed by atoms with Gasteiger partial charge in [-0.05, 0) is 43.4 Å². The van der Waals surface area contributed by atoms with E-state index in [9.17, 15) is 9.90 Å². The first-order valence-electron chi connectivity index (χ1n) is 7.66. The molecule has 6 nitrogen and oxygen atoms in total. The predicted octanol–water partition coefficient (Wildman–Crippen LogP) is 1.55. The van der Waals surface area contributed by atoms with Crippen LogP contribution in [0.1, 0.15) is 36.2 Å². The first-order chi connectivity index (χ1) is 10.7. The van der Waals surface area contributed by atoms with Gasteiger partial charge in [0.05, 0.1) is 6.10 Å². The Labute approximate surface area is 129 Å². The maximum absolute atomic E-state index is 12.2. The fraction of sp³-hybridized carbons (Fsp3) is 0.438. The van der Waals surface area contributed by atoms with Crippen molar-refractivity contribution in [1.29, 1.82) is 0 Å². The third-order valence-corrected chi connectivity index (χ3v) is 4.01. The van der Waals surface area contributed by atoms with E-state index in [4.69, 9.17) is 0 Å². The molecule has 2 aromatic heterocycles. The molecule has 2 N–H and O–H groups in total. The normalized spacial score (nSPS) is 21.5. The Kier molecular flexibility index (Phi) is 4.48. The van der Waals surface area contributed by atoms with Crippen LogP contribution in [0.4, 0.5) is 0 Å². The molecule has 2 heterocycles. The van der Waals surface area contributed by atoms with E-state index < -0.39 is 0 Å². The molecule has 3 rings (SSSR count). The maximum atomic E-state index is 12.2. The summed E-state index contributed by atoms with van der Waals surface area (Å²) in [7, 11) is 0. The molecule has 0 radical (unpaired) electrons. The van der Waals surface area contributed by atoms with E-state index in [1.807, 2.05) is 6.07 Å². The Bertz CT molecular complexity index is 627. The second-order valence-electron chi connectivity index (χ2n) is 5.73. The highest BCUT2D eigenvalue weighted by Gasteiger charge is 2.21. The van der Waals surface area contributed by atoms with Crippen molar-refractivity contribution < 1.29 is 9.90 Å². The van der Waals surface area contributed by atoms with Crippen LogP contribution in [-0.2, 0) is 0 Å². The summed E-state index contributed by atoms with van der Waals surface area (Å²) in [6.07, 6.45) is 6.94. The Morgan fingerprint density at radius 1 is 1.36 bits per heavy atom. The molecular weight excluding hydrogens is 280 g/mol. The quantitative estimate of drug-likeness (QED) is 0.898. The summed E-state index contributed by atoms with van der Waals surface area (Å²) < 4.78 is 1.62. The summed E-state index contributed by atoms with van der Waals surface area (Å²) in [6, 6.07) is 7.10. The Hall–Kier alpha value is -2.21. The molecule has 0 aromatic carbocycles. The average molecular weight is 300 g/mol. The molecular formula is C16H20N4O2. The zero-order chi connectivity index (χ0) is 15.4. The molecule has 1 aliphatic carbocycles. The smallest absolute Gasteiger partial charge is 0.269 e. The second-order valence-corrected chi connectivity index (χ2v) is 5.73. The van der Waals surface area contributed by atoms with Gasteiger partial charge in [-0.15, -0.1) is 0 Å². The monoisotopic (exact) mass is 300 g/mol. The van der Waals surface area contributed by atoms with Crippen molar-refractivity contribution in [1.82, 2.24) is 20.1 Å². The van der Waals surface area contributed by atoms with Gasteiger partial charge < -0.3 is 10.4 Å². The van der Waals surface area contributed by atoms with Crippen LogP contribution in [0.25, 0.3) is 5.82 Å². The highest BCUT2D eigenvalue weighted by Crippen LogP contribution is 2.23. The third-order valence-electron chi connectivity index (χ3n) is 4.01. The summed E-state index contributed by atoms with van der Waals surface area (Å²) >= 11 is 0. The van der Waals surface area contributed by atoms with Crippen LogP contribution in [0.3, 0.4) is 0 Å². The molecule has 0 bridgehead atoms. The molecule has 6 heteroatoms. The average Bonchev–Trinajstić information content (AvgIpc) is 3.07. The molecule has 2 unspecified atom stereocenters. The number of aromatic nitrogens is 3. The number of amides is 1. The van der Waals surface area contributed by atoms with Gasteiger partial charge in [-0.25, -0.2) is 9.67 Å². The van der Waals surface area contributed by atoms with E-state index in [1.54, 1.807) is 35.3 Å². The molecule has 116 valence electrons. The minimum absolute atomic E-state index is 0.186. The van der Waals surface area contributed by atoms with Gasteiger partial charge in [0.15, 0.2) is 5.82 Å². The standard InChI is InChI=1S/C16H20N4O2/c21-13-5-1-4-12(10-13)11-17-16(22)14-6-2-7-15(19-14)20-9-3-8-18-20/h2-3,6-9,12-13,21H,1,4-5,10-11H2,(H,17,22). The summed E-state index contributed by atoms with van der Waals surface area (Å²) in [5.74, 6) is 0.779. The molecule has 22 heavy (non-hydrogen) atoms. The lowest BCUT2D eigenvalue weighted by molar-refractivity contribution is 0.0870. The SMILES string of the molecule is O=C(NCC1CCCC(O)C1)c1cccc(-n2cccn2)n1. The minimum atomic E-state index is -0.225. The molecule has 2 atom stereocenters. The number of nitrogens with zero attached hydrogens (tertiary/aromatic N) is 3. The van der Waals surface area contributed by atoms with Crippen molar-refractivity contribution >= 4 is 5.91 Å². The van der Waals surface area contributed by atoms with E-state index in [-0.39, 0.29) is 12.0 Å². The number of hydrogen-bond donors (Lipinski definition) is 2. The lowest BCUT2D eigenvalue weighted by Gasteiger charge is -2.25. The van der Waals surface area contributed by atoms with Crippen LogP contribution in [0.5, 0.6) is 0 Å². The van der Waals surface area contributed by atoms with Gasteiger partial charge in [0.1, 0.15) is 5.69 Å². The number of pyridine rings is 1. The van der Waals surface area contributed by atoms with Crippen LogP contribution in [0.15, 0.2) is 36.7 Å². The number of nitrogens with one attached hydrogen (secondary N) is 1. The van der Waals surface area contributed by atoms with E-state index >= 15 is 0 Å². The summed E-state index contributed by atoms with van der Waals surface area (Å²) in [6.45, 7) is 0.587. The maximum Gasteiger partial charge on any atom is 0.269 e. The molecule has 0 spiro atoms. The molecule has 0 saturated heterocycles. The van der Waals surface area contributed by atoms with Crippen LogP contribution in [0, 0.1) is 5.92 Å². The zero-order valence-electron chi connectivity index (χ0n) is 12.4. The van der Waals surface area contributed by atoms with Gasteiger partial charge in [-0.3, -0.25) is 4.79 Å². The Balaban J connectivity index is 1.61. The lowest BCUT2D eigenvalue weighted by atomic mass is 9.87. The van der Waals surface area contributed by atoms with Crippen LogP contribution < -0.4 is 5.32 Å². The van der Waals surface area contributed by atoms with Crippen LogP contribution in [0.2, 0.25) is 0 Å². The van der Waals surface area contributed by atoms with Crippen molar-refractivity contribution in [2.45, 2.75) is 31.8 Å². The topological polar surface area (TPSA) is 80.0 Å². The van der Waals surface area contributed by atoms with Crippen LogP contribution >= 0.6 is 0 Å². The summed E-state index contributed by atoms with van der Waals surface area (Å²) in [5.41, 5.74) is 0.379. The molecule has 1 saturated carbocycles. The lowest BCUT2D eigenvalue weighted by Crippen LogP contribution is -2.33. The fourth-order valence-electron chi connectivity index (χ4n) is 2.86. The van der Waals surface area contributed by atoms with Crippen molar-refractivity contribution in [2.75, 3.05) is 6.54 Å². The molecule has 1 amide bonds. The van der Waals surface area contributed by atoms with Crippen molar-refractivity contribution in [3.63, 3.8) is 0 Å². The Morgan fingerprint density at radius 2 is 2.27 bits per heavy atom. The van der Waals surface area contributed by atoms with Gasteiger partial charge in [0.2, 0.25) is 0 Å². The molecule has 2 aromatic rings. The van der Waals surface area contributed by atoms with Crippen molar-refractivity contribution in [3.8, 4) is 5.82 Å².